The minimum atomic E-state index is -0.719. The SMILES string of the molecule is O=c1oc(=O)n(Br)c2ccccc12. The first-order valence-electron chi connectivity index (χ1n) is 3.51. The van der Waals surface area contributed by atoms with E-state index in [1.54, 1.807) is 24.3 Å². The van der Waals surface area contributed by atoms with E-state index in [9.17, 15) is 9.59 Å². The summed E-state index contributed by atoms with van der Waals surface area (Å²) in [6.45, 7) is 0. The maximum atomic E-state index is 11.2. The molecule has 1 aromatic carbocycles. The maximum absolute atomic E-state index is 11.2. The summed E-state index contributed by atoms with van der Waals surface area (Å²) in [4.78, 5) is 22.2. The zero-order chi connectivity index (χ0) is 9.42. The Morgan fingerprint density at radius 3 is 2.69 bits per heavy atom. The van der Waals surface area contributed by atoms with Crippen LogP contribution in [0.1, 0.15) is 0 Å². The van der Waals surface area contributed by atoms with Crippen molar-refractivity contribution < 1.29 is 4.42 Å². The molecule has 0 fully saturated rings. The van der Waals surface area contributed by atoms with Crippen molar-refractivity contribution in [3.63, 3.8) is 0 Å². The van der Waals surface area contributed by atoms with Crippen LogP contribution in [-0.4, -0.2) is 3.59 Å². The lowest BCUT2D eigenvalue weighted by Crippen LogP contribution is -2.19. The number of fused-ring (bicyclic) bond motifs is 1. The summed E-state index contributed by atoms with van der Waals surface area (Å²) in [6.07, 6.45) is 0. The molecule has 66 valence electrons. The van der Waals surface area contributed by atoms with Gasteiger partial charge in [-0.25, -0.2) is 13.2 Å². The number of aromatic nitrogens is 1. The van der Waals surface area contributed by atoms with Gasteiger partial charge in [-0.1, -0.05) is 12.1 Å². The summed E-state index contributed by atoms with van der Waals surface area (Å²) in [6, 6.07) is 6.69. The summed E-state index contributed by atoms with van der Waals surface area (Å²) in [7, 11) is 0. The maximum Gasteiger partial charge on any atom is 0.432 e. The molecule has 13 heavy (non-hydrogen) atoms. The number of benzene rings is 1. The van der Waals surface area contributed by atoms with Crippen molar-refractivity contribution in [3.05, 3.63) is 45.2 Å². The fourth-order valence-electron chi connectivity index (χ4n) is 1.09. The first-order chi connectivity index (χ1) is 6.20. The topological polar surface area (TPSA) is 52.2 Å². The van der Waals surface area contributed by atoms with Gasteiger partial charge in [-0.3, -0.25) is 0 Å². The third kappa shape index (κ3) is 1.21. The molecular formula is C8H4BrNO3. The molecule has 0 spiro atoms. The second kappa shape index (κ2) is 2.85. The van der Waals surface area contributed by atoms with Crippen molar-refractivity contribution in [2.45, 2.75) is 0 Å². The van der Waals surface area contributed by atoms with Gasteiger partial charge in [-0.15, -0.1) is 0 Å². The molecule has 0 N–H and O–H groups in total. The molecule has 0 bridgehead atoms. The average molecular weight is 242 g/mol. The van der Waals surface area contributed by atoms with Crippen LogP contribution >= 0.6 is 16.1 Å². The van der Waals surface area contributed by atoms with Crippen LogP contribution < -0.4 is 11.4 Å². The van der Waals surface area contributed by atoms with Gasteiger partial charge in [0.1, 0.15) is 0 Å². The van der Waals surface area contributed by atoms with Gasteiger partial charge in [0.25, 0.3) is 0 Å². The van der Waals surface area contributed by atoms with E-state index in [4.69, 9.17) is 0 Å². The fourth-order valence-corrected chi connectivity index (χ4v) is 1.47. The van der Waals surface area contributed by atoms with Crippen LogP contribution in [0.5, 0.6) is 0 Å². The Morgan fingerprint density at radius 2 is 1.92 bits per heavy atom. The summed E-state index contributed by atoms with van der Waals surface area (Å²) >= 11 is 2.99. The summed E-state index contributed by atoms with van der Waals surface area (Å²) in [5, 5.41) is 0.374. The molecule has 0 saturated heterocycles. The summed E-state index contributed by atoms with van der Waals surface area (Å²) in [5.74, 6) is -0.719. The van der Waals surface area contributed by atoms with E-state index < -0.39 is 11.4 Å². The second-order valence-electron chi connectivity index (χ2n) is 2.45. The standard InChI is InChI=1S/C8H4BrNO3/c9-10-6-4-2-1-3-5(6)7(11)13-8(10)12/h1-4H. The van der Waals surface area contributed by atoms with E-state index in [1.807, 2.05) is 0 Å². The highest BCUT2D eigenvalue weighted by Gasteiger charge is 2.05. The normalized spacial score (nSPS) is 10.5. The molecule has 0 aliphatic rings. The van der Waals surface area contributed by atoms with Gasteiger partial charge in [0, 0.05) is 0 Å². The van der Waals surface area contributed by atoms with Crippen LogP contribution in [-0.2, 0) is 0 Å². The van der Waals surface area contributed by atoms with E-state index in [0.717, 1.165) is 3.59 Å². The van der Waals surface area contributed by atoms with Crippen molar-refractivity contribution in [1.29, 1.82) is 0 Å². The van der Waals surface area contributed by atoms with E-state index in [2.05, 4.69) is 20.6 Å². The lowest BCUT2D eigenvalue weighted by Gasteiger charge is -1.97. The van der Waals surface area contributed by atoms with Gasteiger partial charge >= 0.3 is 11.4 Å². The Morgan fingerprint density at radius 1 is 1.23 bits per heavy atom. The highest BCUT2D eigenvalue weighted by molar-refractivity contribution is 9.08. The Labute approximate surface area is 80.7 Å². The molecule has 0 atom stereocenters. The van der Waals surface area contributed by atoms with E-state index >= 15 is 0 Å². The minimum Gasteiger partial charge on any atom is -0.371 e. The van der Waals surface area contributed by atoms with Gasteiger partial charge < -0.3 is 4.42 Å². The first-order valence-corrected chi connectivity index (χ1v) is 4.22. The Kier molecular flexibility index (Phi) is 1.81. The van der Waals surface area contributed by atoms with Crippen molar-refractivity contribution in [1.82, 2.24) is 3.59 Å². The molecule has 4 nitrogen and oxygen atoms in total. The van der Waals surface area contributed by atoms with Crippen LogP contribution in [0.15, 0.2) is 38.3 Å². The molecule has 0 radical (unpaired) electrons. The number of hydrogen-bond donors (Lipinski definition) is 0. The van der Waals surface area contributed by atoms with E-state index in [0.29, 0.717) is 10.9 Å². The molecule has 0 aliphatic carbocycles. The van der Waals surface area contributed by atoms with Gasteiger partial charge in [-0.05, 0) is 12.1 Å². The molecular weight excluding hydrogens is 238 g/mol. The zero-order valence-electron chi connectivity index (χ0n) is 6.36. The van der Waals surface area contributed by atoms with Crippen LogP contribution in [0, 0.1) is 0 Å². The van der Waals surface area contributed by atoms with Crippen molar-refractivity contribution in [2.24, 2.45) is 0 Å². The van der Waals surface area contributed by atoms with Gasteiger partial charge in [0.05, 0.1) is 27.1 Å². The van der Waals surface area contributed by atoms with Crippen molar-refractivity contribution in [3.8, 4) is 0 Å². The van der Waals surface area contributed by atoms with Crippen molar-refractivity contribution >= 4 is 27.1 Å². The fraction of sp³-hybridized carbons (Fsp3) is 0. The third-order valence-corrected chi connectivity index (χ3v) is 2.35. The number of para-hydroxylation sites is 1. The monoisotopic (exact) mass is 241 g/mol. The predicted molar refractivity (Wildman–Crippen MR) is 51.1 cm³/mol. The van der Waals surface area contributed by atoms with Crippen LogP contribution in [0.25, 0.3) is 10.9 Å². The summed E-state index contributed by atoms with van der Waals surface area (Å²) < 4.78 is 5.54. The predicted octanol–water partition coefficient (Wildman–Crippen LogP) is 1.11. The van der Waals surface area contributed by atoms with E-state index in [-0.39, 0.29) is 0 Å². The minimum absolute atomic E-state index is 0.374. The zero-order valence-corrected chi connectivity index (χ0v) is 7.95. The van der Waals surface area contributed by atoms with Crippen LogP contribution in [0.3, 0.4) is 0 Å². The second-order valence-corrected chi connectivity index (χ2v) is 3.16. The Bertz CT molecular complexity index is 569. The van der Waals surface area contributed by atoms with Gasteiger partial charge in [0.15, 0.2) is 0 Å². The smallest absolute Gasteiger partial charge is 0.371 e. The Balaban J connectivity index is 3.15. The molecule has 0 unspecified atom stereocenters. The average Bonchev–Trinajstić information content (AvgIpc) is 2.15. The third-order valence-electron chi connectivity index (χ3n) is 1.68. The van der Waals surface area contributed by atoms with Crippen LogP contribution in [0.4, 0.5) is 0 Å². The number of nitrogens with zero attached hydrogens (tertiary/aromatic N) is 1. The quantitative estimate of drug-likeness (QED) is 0.695. The number of hydrogen-bond acceptors (Lipinski definition) is 3. The first kappa shape index (κ1) is 8.25. The molecule has 2 rings (SSSR count). The molecule has 1 heterocycles. The molecule has 2 aromatic rings. The van der Waals surface area contributed by atoms with Gasteiger partial charge in [0.2, 0.25) is 0 Å². The summed E-state index contributed by atoms with van der Waals surface area (Å²) in [5.41, 5.74) is -0.111. The number of halogens is 1. The molecule has 1 aromatic heterocycles. The van der Waals surface area contributed by atoms with Crippen molar-refractivity contribution in [2.75, 3.05) is 0 Å². The lowest BCUT2D eigenvalue weighted by molar-refractivity contribution is 0.455. The molecule has 0 aliphatic heterocycles. The molecule has 0 amide bonds. The number of rotatable bonds is 0. The highest BCUT2D eigenvalue weighted by Crippen LogP contribution is 2.08. The van der Waals surface area contributed by atoms with Crippen LogP contribution in [0.2, 0.25) is 0 Å². The lowest BCUT2D eigenvalue weighted by atomic mass is 10.2. The Hall–Kier alpha value is -1.36. The molecule has 0 saturated carbocycles. The molecule has 5 heteroatoms. The largest absolute Gasteiger partial charge is 0.432 e. The van der Waals surface area contributed by atoms with E-state index in [1.165, 1.54) is 0 Å². The highest BCUT2D eigenvalue weighted by atomic mass is 79.9. The van der Waals surface area contributed by atoms with Gasteiger partial charge in [-0.2, -0.15) is 0 Å².